The van der Waals surface area contributed by atoms with Gasteiger partial charge in [0.15, 0.2) is 0 Å². The van der Waals surface area contributed by atoms with Gasteiger partial charge in [0, 0.05) is 50.8 Å². The molecule has 0 saturated carbocycles. The van der Waals surface area contributed by atoms with Gasteiger partial charge in [-0.25, -0.2) is 0 Å². The van der Waals surface area contributed by atoms with E-state index in [1.165, 1.54) is 11.3 Å². The maximum absolute atomic E-state index is 11.6. The Bertz CT molecular complexity index is 442. The van der Waals surface area contributed by atoms with Crippen LogP contribution in [0.3, 0.4) is 0 Å². The monoisotopic (exact) mass is 287 g/mol. The number of carbonyl (C=O) groups is 1. The van der Waals surface area contributed by atoms with Crippen molar-refractivity contribution in [1.82, 2.24) is 15.2 Å². The molecule has 1 heterocycles. The summed E-state index contributed by atoms with van der Waals surface area (Å²) in [6.45, 7) is 5.05. The fourth-order valence-corrected chi connectivity index (χ4v) is 2.33. The van der Waals surface area contributed by atoms with E-state index in [0.717, 1.165) is 12.2 Å². The molecule has 6 nitrogen and oxygen atoms in total. The molecule has 0 fully saturated rings. The lowest BCUT2D eigenvalue weighted by Crippen LogP contribution is -2.33. The minimum Gasteiger partial charge on any atom is -0.383 e. The Morgan fingerprint density at radius 2 is 2.21 bits per heavy atom. The Morgan fingerprint density at radius 3 is 2.84 bits per heavy atom. The van der Waals surface area contributed by atoms with Crippen molar-refractivity contribution in [1.29, 1.82) is 0 Å². The Kier molecular flexibility index (Phi) is 7.39. The molecule has 108 valence electrons. The number of aryl methyl sites for hydroxylation is 1. The molecule has 0 aliphatic heterocycles. The molecule has 0 aliphatic rings. The van der Waals surface area contributed by atoms with Crippen molar-refractivity contribution < 1.29 is 9.53 Å². The highest BCUT2D eigenvalue weighted by molar-refractivity contribution is 7.07. The number of aromatic nitrogens is 1. The Hall–Kier alpha value is -1.18. The summed E-state index contributed by atoms with van der Waals surface area (Å²) in [5, 5.41) is 7.75. The summed E-state index contributed by atoms with van der Waals surface area (Å²) in [6, 6.07) is 0. The third kappa shape index (κ3) is 6.00. The second-order valence-electron chi connectivity index (χ2n) is 4.14. The van der Waals surface area contributed by atoms with Crippen molar-refractivity contribution in [3.63, 3.8) is 0 Å². The van der Waals surface area contributed by atoms with Gasteiger partial charge >= 0.3 is 4.87 Å². The normalized spacial score (nSPS) is 10.6. The second kappa shape index (κ2) is 8.84. The molecule has 0 saturated heterocycles. The van der Waals surface area contributed by atoms with Gasteiger partial charge < -0.3 is 19.9 Å². The number of hydrogen-bond donors (Lipinski definition) is 2. The van der Waals surface area contributed by atoms with Crippen LogP contribution in [0.5, 0.6) is 0 Å². The van der Waals surface area contributed by atoms with Crippen molar-refractivity contribution in [2.45, 2.75) is 19.9 Å². The highest BCUT2D eigenvalue weighted by atomic mass is 32.1. The van der Waals surface area contributed by atoms with Gasteiger partial charge in [-0.2, -0.15) is 0 Å². The van der Waals surface area contributed by atoms with Crippen LogP contribution in [0, 0.1) is 6.92 Å². The molecule has 0 spiro atoms. The SMILES string of the molecule is COCCNCCNC(=O)CCn1c(C)csc1=O. The molecule has 0 unspecified atom stereocenters. The maximum Gasteiger partial charge on any atom is 0.307 e. The van der Waals surface area contributed by atoms with Gasteiger partial charge in [-0.1, -0.05) is 11.3 Å². The second-order valence-corrected chi connectivity index (χ2v) is 4.96. The summed E-state index contributed by atoms with van der Waals surface area (Å²) < 4.78 is 6.52. The number of hydrogen-bond acceptors (Lipinski definition) is 5. The van der Waals surface area contributed by atoms with Crippen molar-refractivity contribution >= 4 is 17.2 Å². The lowest BCUT2D eigenvalue weighted by Gasteiger charge is -2.07. The first-order chi connectivity index (χ1) is 9.15. The number of nitrogens with zero attached hydrogens (tertiary/aromatic N) is 1. The zero-order valence-corrected chi connectivity index (χ0v) is 12.2. The zero-order chi connectivity index (χ0) is 14.1. The van der Waals surface area contributed by atoms with E-state index in [0.29, 0.717) is 32.7 Å². The molecule has 2 N–H and O–H groups in total. The van der Waals surface area contributed by atoms with Crippen LogP contribution < -0.4 is 15.5 Å². The topological polar surface area (TPSA) is 72.4 Å². The number of thiazole rings is 1. The maximum atomic E-state index is 11.6. The van der Waals surface area contributed by atoms with E-state index >= 15 is 0 Å². The third-order valence-corrected chi connectivity index (χ3v) is 3.53. The van der Waals surface area contributed by atoms with Crippen LogP contribution >= 0.6 is 11.3 Å². The molecule has 1 rings (SSSR count). The highest BCUT2D eigenvalue weighted by Crippen LogP contribution is 2.00. The first kappa shape index (κ1) is 15.9. The summed E-state index contributed by atoms with van der Waals surface area (Å²) >= 11 is 1.17. The van der Waals surface area contributed by atoms with Crippen LogP contribution in [-0.2, 0) is 16.1 Å². The van der Waals surface area contributed by atoms with Gasteiger partial charge in [-0.3, -0.25) is 9.59 Å². The van der Waals surface area contributed by atoms with Crippen LogP contribution in [0.25, 0.3) is 0 Å². The van der Waals surface area contributed by atoms with Gasteiger partial charge in [0.25, 0.3) is 0 Å². The smallest absolute Gasteiger partial charge is 0.307 e. The fourth-order valence-electron chi connectivity index (χ4n) is 1.57. The zero-order valence-electron chi connectivity index (χ0n) is 11.4. The minimum atomic E-state index is -0.0361. The average molecular weight is 287 g/mol. The summed E-state index contributed by atoms with van der Waals surface area (Å²) in [4.78, 5) is 23.0. The van der Waals surface area contributed by atoms with Gasteiger partial charge in [0.2, 0.25) is 5.91 Å². The van der Waals surface area contributed by atoms with Gasteiger partial charge in [0.1, 0.15) is 0 Å². The molecule has 1 aromatic rings. The lowest BCUT2D eigenvalue weighted by atomic mass is 10.3. The molecular formula is C12H21N3O3S. The van der Waals surface area contributed by atoms with Crippen LogP contribution in [0.4, 0.5) is 0 Å². The summed E-state index contributed by atoms with van der Waals surface area (Å²) in [5.74, 6) is -0.0361. The molecule has 0 aliphatic carbocycles. The molecule has 7 heteroatoms. The molecule has 1 aromatic heterocycles. The van der Waals surface area contributed by atoms with Crippen molar-refractivity contribution in [2.75, 3.05) is 33.4 Å². The molecule has 0 atom stereocenters. The summed E-state index contributed by atoms with van der Waals surface area (Å²) in [7, 11) is 1.65. The number of carbonyl (C=O) groups excluding carboxylic acids is 1. The third-order valence-electron chi connectivity index (χ3n) is 2.65. The predicted molar refractivity (Wildman–Crippen MR) is 75.7 cm³/mol. The first-order valence-electron chi connectivity index (χ1n) is 6.26. The largest absolute Gasteiger partial charge is 0.383 e. The molecule has 1 amide bonds. The van der Waals surface area contributed by atoms with Crippen LogP contribution in [-0.4, -0.2) is 43.8 Å². The van der Waals surface area contributed by atoms with E-state index in [-0.39, 0.29) is 10.8 Å². The Balaban J connectivity index is 2.13. The minimum absolute atomic E-state index is 0.00784. The highest BCUT2D eigenvalue weighted by Gasteiger charge is 2.05. The van der Waals surface area contributed by atoms with E-state index in [2.05, 4.69) is 10.6 Å². The Labute approximate surface area is 116 Å². The predicted octanol–water partition coefficient (Wildman–Crippen LogP) is -0.0395. The van der Waals surface area contributed by atoms with Gasteiger partial charge in [0.05, 0.1) is 6.61 Å². The first-order valence-corrected chi connectivity index (χ1v) is 7.14. The molecular weight excluding hydrogens is 266 g/mol. The number of methoxy groups -OCH3 is 1. The van der Waals surface area contributed by atoms with Crippen molar-refractivity contribution in [3.8, 4) is 0 Å². The molecule has 0 aromatic carbocycles. The van der Waals surface area contributed by atoms with E-state index in [4.69, 9.17) is 4.74 Å². The van der Waals surface area contributed by atoms with Gasteiger partial charge in [-0.05, 0) is 6.92 Å². The van der Waals surface area contributed by atoms with Crippen molar-refractivity contribution in [2.24, 2.45) is 0 Å². The number of rotatable bonds is 9. The fraction of sp³-hybridized carbons (Fsp3) is 0.667. The van der Waals surface area contributed by atoms with Crippen LogP contribution in [0.1, 0.15) is 12.1 Å². The van der Waals surface area contributed by atoms with E-state index < -0.39 is 0 Å². The average Bonchev–Trinajstić information content (AvgIpc) is 2.71. The van der Waals surface area contributed by atoms with Crippen LogP contribution in [0.2, 0.25) is 0 Å². The molecule has 0 bridgehead atoms. The van der Waals surface area contributed by atoms with E-state index in [9.17, 15) is 9.59 Å². The van der Waals surface area contributed by atoms with Crippen LogP contribution in [0.15, 0.2) is 10.2 Å². The van der Waals surface area contributed by atoms with Crippen molar-refractivity contribution in [3.05, 3.63) is 20.7 Å². The lowest BCUT2D eigenvalue weighted by molar-refractivity contribution is -0.121. The molecule has 0 radical (unpaired) electrons. The standard InChI is InChI=1S/C12H21N3O3S/c1-10-9-19-12(17)15(10)7-3-11(16)14-5-4-13-6-8-18-2/h9,13H,3-8H2,1-2H3,(H,14,16). The quantitative estimate of drug-likeness (QED) is 0.625. The number of nitrogens with one attached hydrogen (secondary N) is 2. The van der Waals surface area contributed by atoms with E-state index in [1.807, 2.05) is 6.92 Å². The number of amides is 1. The Morgan fingerprint density at radius 1 is 1.42 bits per heavy atom. The summed E-state index contributed by atoms with van der Waals surface area (Å²) in [6.07, 6.45) is 0.329. The van der Waals surface area contributed by atoms with Gasteiger partial charge in [-0.15, -0.1) is 0 Å². The van der Waals surface area contributed by atoms with E-state index in [1.54, 1.807) is 17.1 Å². The molecule has 19 heavy (non-hydrogen) atoms. The summed E-state index contributed by atoms with van der Waals surface area (Å²) in [5.41, 5.74) is 0.907. The number of ether oxygens (including phenoxy) is 1.